The van der Waals surface area contributed by atoms with Crippen molar-refractivity contribution in [2.45, 2.75) is 6.54 Å². The van der Waals surface area contributed by atoms with Crippen LogP contribution in [-0.4, -0.2) is 35.6 Å². The molecule has 1 rings (SSSR count). The molecule has 0 aliphatic rings. The maximum Gasteiger partial charge on any atom is 0.317 e. The van der Waals surface area contributed by atoms with Gasteiger partial charge in [-0.15, -0.1) is 0 Å². The number of hydrogen-bond donors (Lipinski definition) is 2. The number of carboxylic acid groups (broad SMARTS) is 1. The summed E-state index contributed by atoms with van der Waals surface area (Å²) in [5, 5.41) is 8.63. The molecule has 5 nitrogen and oxygen atoms in total. The molecule has 0 aromatic carbocycles. The molecule has 5 heteroatoms. The fourth-order valence-corrected chi connectivity index (χ4v) is 1.21. The van der Waals surface area contributed by atoms with Gasteiger partial charge in [0.25, 0.3) is 0 Å². The van der Waals surface area contributed by atoms with Crippen LogP contribution in [0.5, 0.6) is 0 Å². The van der Waals surface area contributed by atoms with Crippen LogP contribution >= 0.6 is 0 Å². The summed E-state index contributed by atoms with van der Waals surface area (Å²) in [7, 11) is 0. The summed E-state index contributed by atoms with van der Waals surface area (Å²) in [5.41, 5.74) is 5.37. The van der Waals surface area contributed by atoms with Crippen molar-refractivity contribution in [2.24, 2.45) is 5.73 Å². The first-order valence-electron chi connectivity index (χ1n) is 4.39. The molecule has 0 aliphatic heterocycles. The maximum absolute atomic E-state index is 10.5. The third kappa shape index (κ3) is 3.59. The Hall–Kier alpha value is -1.33. The van der Waals surface area contributed by atoms with Gasteiger partial charge < -0.3 is 15.3 Å². The van der Waals surface area contributed by atoms with Gasteiger partial charge in [0.05, 0.1) is 19.4 Å². The molecule has 0 saturated heterocycles. The van der Waals surface area contributed by atoms with E-state index in [1.165, 1.54) is 0 Å². The highest BCUT2D eigenvalue weighted by Crippen LogP contribution is 2.04. The highest BCUT2D eigenvalue weighted by atomic mass is 16.4. The first-order chi connectivity index (χ1) is 6.72. The van der Waals surface area contributed by atoms with Crippen molar-refractivity contribution in [1.82, 2.24) is 4.90 Å². The maximum atomic E-state index is 10.5. The highest BCUT2D eigenvalue weighted by Gasteiger charge is 2.10. The Kier molecular flexibility index (Phi) is 4.15. The lowest BCUT2D eigenvalue weighted by Crippen LogP contribution is -2.33. The van der Waals surface area contributed by atoms with Crippen LogP contribution in [-0.2, 0) is 11.3 Å². The van der Waals surface area contributed by atoms with Gasteiger partial charge in [-0.25, -0.2) is 0 Å². The van der Waals surface area contributed by atoms with Crippen LogP contribution in [0.2, 0.25) is 0 Å². The van der Waals surface area contributed by atoms with Crippen molar-refractivity contribution in [3.8, 4) is 0 Å². The smallest absolute Gasteiger partial charge is 0.317 e. The minimum atomic E-state index is -0.856. The Labute approximate surface area is 82.1 Å². The number of nitrogens with zero attached hydrogens (tertiary/aromatic N) is 1. The number of rotatable bonds is 6. The Morgan fingerprint density at radius 3 is 2.93 bits per heavy atom. The molecule has 14 heavy (non-hydrogen) atoms. The largest absolute Gasteiger partial charge is 0.480 e. The van der Waals surface area contributed by atoms with E-state index in [0.29, 0.717) is 19.6 Å². The van der Waals surface area contributed by atoms with Gasteiger partial charge in [0.1, 0.15) is 5.76 Å². The van der Waals surface area contributed by atoms with E-state index in [-0.39, 0.29) is 6.54 Å². The van der Waals surface area contributed by atoms with Crippen LogP contribution in [0.15, 0.2) is 22.8 Å². The topological polar surface area (TPSA) is 79.7 Å². The van der Waals surface area contributed by atoms with Gasteiger partial charge in [0.2, 0.25) is 0 Å². The zero-order valence-electron chi connectivity index (χ0n) is 7.85. The summed E-state index contributed by atoms with van der Waals surface area (Å²) in [6.45, 7) is 1.45. The second kappa shape index (κ2) is 5.41. The van der Waals surface area contributed by atoms with E-state index in [1.54, 1.807) is 17.2 Å². The Balaban J connectivity index is 2.46. The third-order valence-corrected chi connectivity index (χ3v) is 1.76. The second-order valence-electron chi connectivity index (χ2n) is 2.97. The quantitative estimate of drug-likeness (QED) is 0.679. The van der Waals surface area contributed by atoms with Crippen molar-refractivity contribution in [1.29, 1.82) is 0 Å². The lowest BCUT2D eigenvalue weighted by Gasteiger charge is -2.17. The highest BCUT2D eigenvalue weighted by molar-refractivity contribution is 5.69. The van der Waals surface area contributed by atoms with E-state index in [1.807, 2.05) is 6.07 Å². The lowest BCUT2D eigenvalue weighted by atomic mass is 10.4. The number of hydrogen-bond acceptors (Lipinski definition) is 4. The van der Waals surface area contributed by atoms with E-state index in [2.05, 4.69) is 0 Å². The molecule has 0 amide bonds. The van der Waals surface area contributed by atoms with E-state index in [0.717, 1.165) is 5.76 Å². The zero-order valence-corrected chi connectivity index (χ0v) is 7.85. The van der Waals surface area contributed by atoms with Gasteiger partial charge in [-0.3, -0.25) is 9.69 Å². The molecule has 0 spiro atoms. The van der Waals surface area contributed by atoms with Crippen LogP contribution < -0.4 is 5.73 Å². The molecule has 0 bridgehead atoms. The van der Waals surface area contributed by atoms with E-state index in [9.17, 15) is 4.79 Å². The second-order valence-corrected chi connectivity index (χ2v) is 2.97. The molecule has 1 aromatic rings. The Morgan fingerprint density at radius 2 is 2.43 bits per heavy atom. The molecular formula is C9H14N2O3. The first kappa shape index (κ1) is 10.7. The number of aliphatic carboxylic acids is 1. The van der Waals surface area contributed by atoms with Crippen LogP contribution in [0.4, 0.5) is 0 Å². The van der Waals surface area contributed by atoms with E-state index < -0.39 is 5.97 Å². The standard InChI is InChI=1S/C9H14N2O3/c10-3-4-11(7-9(12)13)6-8-2-1-5-14-8/h1-2,5H,3-4,6-7,10H2,(H,12,13). The van der Waals surface area contributed by atoms with E-state index >= 15 is 0 Å². The predicted octanol–water partition coefficient (Wildman–Crippen LogP) is 0.125. The molecule has 0 atom stereocenters. The zero-order chi connectivity index (χ0) is 10.4. The van der Waals surface area contributed by atoms with Gasteiger partial charge in [-0.2, -0.15) is 0 Å². The van der Waals surface area contributed by atoms with Crippen LogP contribution in [0.3, 0.4) is 0 Å². The minimum absolute atomic E-state index is 0.0160. The summed E-state index contributed by atoms with van der Waals surface area (Å²) in [4.78, 5) is 12.2. The molecule has 0 fully saturated rings. The third-order valence-electron chi connectivity index (χ3n) is 1.76. The molecule has 0 radical (unpaired) electrons. The van der Waals surface area contributed by atoms with Crippen LogP contribution in [0.25, 0.3) is 0 Å². The summed E-state index contributed by atoms with van der Waals surface area (Å²) in [6.07, 6.45) is 1.57. The fourth-order valence-electron chi connectivity index (χ4n) is 1.21. The lowest BCUT2D eigenvalue weighted by molar-refractivity contribution is -0.138. The van der Waals surface area contributed by atoms with Gasteiger partial charge in [-0.05, 0) is 12.1 Å². The summed E-state index contributed by atoms with van der Waals surface area (Å²) < 4.78 is 5.12. The predicted molar refractivity (Wildman–Crippen MR) is 50.7 cm³/mol. The van der Waals surface area contributed by atoms with Gasteiger partial charge in [0, 0.05) is 13.1 Å². The number of carbonyl (C=O) groups is 1. The molecule has 0 saturated carbocycles. The van der Waals surface area contributed by atoms with Gasteiger partial charge in [0.15, 0.2) is 0 Å². The average molecular weight is 198 g/mol. The summed E-state index contributed by atoms with van der Waals surface area (Å²) in [5.74, 6) is -0.107. The van der Waals surface area contributed by atoms with Crippen LogP contribution in [0.1, 0.15) is 5.76 Å². The minimum Gasteiger partial charge on any atom is -0.480 e. The van der Waals surface area contributed by atoms with Crippen molar-refractivity contribution in [2.75, 3.05) is 19.6 Å². The Bertz CT molecular complexity index is 272. The molecule has 0 unspecified atom stereocenters. The van der Waals surface area contributed by atoms with Crippen molar-refractivity contribution >= 4 is 5.97 Å². The fraction of sp³-hybridized carbons (Fsp3) is 0.444. The van der Waals surface area contributed by atoms with Crippen molar-refractivity contribution < 1.29 is 14.3 Å². The summed E-state index contributed by atoms with van der Waals surface area (Å²) in [6, 6.07) is 3.59. The summed E-state index contributed by atoms with van der Waals surface area (Å²) >= 11 is 0. The van der Waals surface area contributed by atoms with Gasteiger partial charge in [-0.1, -0.05) is 0 Å². The van der Waals surface area contributed by atoms with Crippen molar-refractivity contribution in [3.63, 3.8) is 0 Å². The molecular weight excluding hydrogens is 184 g/mol. The van der Waals surface area contributed by atoms with Crippen LogP contribution in [0, 0.1) is 0 Å². The number of furan rings is 1. The number of nitrogens with two attached hydrogens (primary N) is 1. The Morgan fingerprint density at radius 1 is 1.64 bits per heavy atom. The molecule has 1 heterocycles. The normalized spacial score (nSPS) is 10.7. The first-order valence-corrected chi connectivity index (χ1v) is 4.39. The van der Waals surface area contributed by atoms with Gasteiger partial charge >= 0.3 is 5.97 Å². The molecule has 0 aliphatic carbocycles. The van der Waals surface area contributed by atoms with E-state index in [4.69, 9.17) is 15.3 Å². The molecule has 3 N–H and O–H groups in total. The number of carboxylic acids is 1. The molecule has 1 aromatic heterocycles. The molecule has 78 valence electrons. The monoisotopic (exact) mass is 198 g/mol. The van der Waals surface area contributed by atoms with Crippen molar-refractivity contribution in [3.05, 3.63) is 24.2 Å². The SMILES string of the molecule is NCCN(CC(=O)O)Cc1ccco1. The average Bonchev–Trinajstić information content (AvgIpc) is 2.56.